The van der Waals surface area contributed by atoms with E-state index < -0.39 is 11.6 Å². The number of ketones is 1. The van der Waals surface area contributed by atoms with Crippen molar-refractivity contribution in [3.8, 4) is 5.88 Å². The predicted molar refractivity (Wildman–Crippen MR) is 89.3 cm³/mol. The van der Waals surface area contributed by atoms with E-state index in [-0.39, 0.29) is 35.9 Å². The predicted octanol–water partition coefficient (Wildman–Crippen LogP) is 2.14. The monoisotopic (exact) mass is 354 g/mol. The Morgan fingerprint density at radius 1 is 1.35 bits per heavy atom. The first kappa shape index (κ1) is 15.6. The summed E-state index contributed by atoms with van der Waals surface area (Å²) < 4.78 is 22.7. The lowest BCUT2D eigenvalue weighted by Crippen LogP contribution is -2.52. The molecular weight excluding hydrogens is 336 g/mol. The van der Waals surface area contributed by atoms with Crippen LogP contribution in [0.25, 0.3) is 0 Å². The van der Waals surface area contributed by atoms with Crippen molar-refractivity contribution in [1.82, 2.24) is 5.16 Å². The van der Waals surface area contributed by atoms with E-state index in [1.54, 1.807) is 0 Å². The second-order valence-corrected chi connectivity index (χ2v) is 6.83. The highest BCUT2D eigenvalue weighted by atomic mass is 16.6. The van der Waals surface area contributed by atoms with Crippen molar-refractivity contribution in [2.45, 2.75) is 30.8 Å². The smallest absolute Gasteiger partial charge is 0.265 e. The molecule has 2 N–H and O–H groups in total. The molecule has 1 spiro atoms. The van der Waals surface area contributed by atoms with Gasteiger partial charge in [0.05, 0.1) is 19.3 Å². The van der Waals surface area contributed by atoms with Crippen LogP contribution in [0, 0.1) is 5.92 Å². The summed E-state index contributed by atoms with van der Waals surface area (Å²) in [5, 5.41) is 3.96. The lowest BCUT2D eigenvalue weighted by molar-refractivity contribution is -0.0187. The summed E-state index contributed by atoms with van der Waals surface area (Å²) in [6.07, 6.45) is 2.33. The molecule has 1 aliphatic carbocycles. The molecule has 3 heterocycles. The zero-order chi connectivity index (χ0) is 17.9. The number of nitrogens with two attached hydrogens (primary N) is 1. The molecule has 1 saturated heterocycles. The van der Waals surface area contributed by atoms with Gasteiger partial charge in [0, 0.05) is 5.92 Å². The first-order valence-corrected chi connectivity index (χ1v) is 8.56. The number of rotatable bonds is 4. The molecule has 4 atom stereocenters. The molecule has 1 fully saturated rings. The second-order valence-electron chi connectivity index (χ2n) is 6.83. The molecule has 134 valence electrons. The topological polar surface area (TPSA) is 96.8 Å². The minimum absolute atomic E-state index is 0.145. The average molecular weight is 354 g/mol. The van der Waals surface area contributed by atoms with Crippen molar-refractivity contribution in [3.05, 3.63) is 59.1 Å². The number of carbonyl (C=O) groups excluding carboxylic acids is 1. The van der Waals surface area contributed by atoms with Crippen LogP contribution < -0.4 is 10.5 Å². The number of fused-ring (bicyclic) bond motifs is 2. The minimum atomic E-state index is -1.19. The van der Waals surface area contributed by atoms with Crippen LogP contribution in [0.1, 0.15) is 34.1 Å². The molecule has 7 nitrogen and oxygen atoms in total. The largest absolute Gasteiger partial charge is 0.498 e. The summed E-state index contributed by atoms with van der Waals surface area (Å²) in [5.41, 5.74) is 6.44. The van der Waals surface area contributed by atoms with Crippen LogP contribution in [0.4, 0.5) is 0 Å². The van der Waals surface area contributed by atoms with Gasteiger partial charge in [-0.25, -0.2) is 0 Å². The molecular formula is C19H18N2O5. The fraction of sp³-hybridized carbons (Fsp3) is 0.368. The zero-order valence-corrected chi connectivity index (χ0v) is 14.2. The molecule has 1 aromatic heterocycles. The van der Waals surface area contributed by atoms with Crippen molar-refractivity contribution in [3.63, 3.8) is 0 Å². The van der Waals surface area contributed by atoms with Gasteiger partial charge in [0.25, 0.3) is 5.88 Å². The van der Waals surface area contributed by atoms with Crippen LogP contribution in [-0.4, -0.2) is 29.8 Å². The normalized spacial score (nSPS) is 31.4. The quantitative estimate of drug-likeness (QED) is 0.898. The Balaban J connectivity index is 1.52. The number of ether oxygens (including phenoxy) is 3. The van der Waals surface area contributed by atoms with Gasteiger partial charge in [-0.05, 0) is 23.2 Å². The van der Waals surface area contributed by atoms with Crippen LogP contribution in [0.5, 0.6) is 5.88 Å². The number of carbonyl (C=O) groups is 1. The first-order valence-electron chi connectivity index (χ1n) is 8.56. The molecule has 1 aromatic carbocycles. The molecule has 7 heteroatoms. The van der Waals surface area contributed by atoms with E-state index in [0.717, 1.165) is 5.56 Å². The van der Waals surface area contributed by atoms with E-state index in [2.05, 4.69) is 5.16 Å². The summed E-state index contributed by atoms with van der Waals surface area (Å²) in [5.74, 6) is 0.533. The Bertz CT molecular complexity index is 906. The van der Waals surface area contributed by atoms with E-state index in [4.69, 9.17) is 24.5 Å². The molecule has 0 unspecified atom stereocenters. The van der Waals surface area contributed by atoms with Crippen LogP contribution in [0.15, 0.2) is 46.7 Å². The third-order valence-corrected chi connectivity index (χ3v) is 5.48. The maximum atomic E-state index is 13.4. The van der Waals surface area contributed by atoms with Crippen LogP contribution >= 0.6 is 0 Å². The Labute approximate surface area is 149 Å². The molecule has 2 aromatic rings. The zero-order valence-electron chi connectivity index (χ0n) is 14.2. The number of hydrogen-bond acceptors (Lipinski definition) is 7. The Morgan fingerprint density at radius 2 is 2.15 bits per heavy atom. The fourth-order valence-electron chi connectivity index (χ4n) is 4.30. The lowest BCUT2D eigenvalue weighted by atomic mass is 9.68. The number of aromatic nitrogens is 1. The van der Waals surface area contributed by atoms with E-state index in [1.807, 2.05) is 36.4 Å². The van der Waals surface area contributed by atoms with Gasteiger partial charge in [-0.1, -0.05) is 30.3 Å². The van der Waals surface area contributed by atoms with Gasteiger partial charge < -0.3 is 24.5 Å². The number of benzene rings is 1. The Hall–Kier alpha value is -2.64. The number of methoxy groups -OCH3 is 1. The van der Waals surface area contributed by atoms with Gasteiger partial charge in [-0.2, -0.15) is 0 Å². The minimum Gasteiger partial charge on any atom is -0.498 e. The van der Waals surface area contributed by atoms with Gasteiger partial charge in [0.2, 0.25) is 5.78 Å². The summed E-state index contributed by atoms with van der Waals surface area (Å²) in [4.78, 5) is 13.4. The summed E-state index contributed by atoms with van der Waals surface area (Å²) in [6, 6.07) is 9.12. The van der Waals surface area contributed by atoms with Crippen molar-refractivity contribution in [2.75, 3.05) is 7.11 Å². The SMILES string of the molecule is COC1=C[C@H]2C[C@H]3[C@H](N)c4onc(OCc5ccccc5)c4C(=O)[C@@]13O2. The molecule has 5 rings (SSSR count). The third kappa shape index (κ3) is 1.89. The van der Waals surface area contributed by atoms with Gasteiger partial charge in [0.15, 0.2) is 11.4 Å². The number of nitrogens with zero attached hydrogens (tertiary/aromatic N) is 1. The molecule has 0 radical (unpaired) electrons. The first-order chi connectivity index (χ1) is 12.6. The summed E-state index contributed by atoms with van der Waals surface area (Å²) in [6.45, 7) is 0.273. The molecule has 3 aliphatic rings. The van der Waals surface area contributed by atoms with Gasteiger partial charge in [0.1, 0.15) is 17.9 Å². The fourth-order valence-corrected chi connectivity index (χ4v) is 4.30. The molecule has 0 amide bonds. The highest BCUT2D eigenvalue weighted by Gasteiger charge is 2.67. The number of Topliss-reactive ketones (excluding diaryl/α,β-unsaturated/α-hetero) is 1. The van der Waals surface area contributed by atoms with Crippen molar-refractivity contribution in [2.24, 2.45) is 11.7 Å². The highest BCUT2D eigenvalue weighted by Crippen LogP contribution is 2.57. The van der Waals surface area contributed by atoms with Gasteiger partial charge in [-0.3, -0.25) is 4.79 Å². The summed E-state index contributed by atoms with van der Waals surface area (Å²) >= 11 is 0. The lowest BCUT2D eigenvalue weighted by Gasteiger charge is -2.38. The van der Waals surface area contributed by atoms with E-state index in [0.29, 0.717) is 17.9 Å². The van der Waals surface area contributed by atoms with E-state index in [9.17, 15) is 4.79 Å². The van der Waals surface area contributed by atoms with Crippen molar-refractivity contribution < 1.29 is 23.5 Å². The van der Waals surface area contributed by atoms with Gasteiger partial charge >= 0.3 is 0 Å². The Kier molecular flexibility index (Phi) is 3.26. The van der Waals surface area contributed by atoms with E-state index in [1.165, 1.54) is 7.11 Å². The average Bonchev–Trinajstić information content (AvgIpc) is 3.36. The van der Waals surface area contributed by atoms with Crippen molar-refractivity contribution in [1.29, 1.82) is 0 Å². The standard InChI is InChI=1S/C19H18N2O5/c1-23-13-8-11-7-12-15(20)16-14(17(22)19(12,13)25-11)18(21-26-16)24-9-10-5-3-2-4-6-10/h2-6,8,11-12,15H,7,9,20H2,1H3/t11-,12+,15+,19+/m1/s1. The van der Waals surface area contributed by atoms with Crippen LogP contribution in [-0.2, 0) is 16.1 Å². The van der Waals surface area contributed by atoms with Crippen LogP contribution in [0.2, 0.25) is 0 Å². The third-order valence-electron chi connectivity index (χ3n) is 5.48. The molecule has 0 saturated carbocycles. The highest BCUT2D eigenvalue weighted by molar-refractivity contribution is 6.09. The van der Waals surface area contributed by atoms with Gasteiger partial charge in [-0.15, -0.1) is 0 Å². The maximum Gasteiger partial charge on any atom is 0.265 e. The molecule has 2 aliphatic heterocycles. The van der Waals surface area contributed by atoms with Crippen LogP contribution in [0.3, 0.4) is 0 Å². The summed E-state index contributed by atoms with van der Waals surface area (Å²) in [7, 11) is 1.54. The second kappa shape index (κ2) is 5.43. The molecule has 2 bridgehead atoms. The Morgan fingerprint density at radius 3 is 2.92 bits per heavy atom. The number of hydrogen-bond donors (Lipinski definition) is 1. The molecule has 26 heavy (non-hydrogen) atoms. The maximum absolute atomic E-state index is 13.4. The van der Waals surface area contributed by atoms with Crippen molar-refractivity contribution >= 4 is 5.78 Å². The van der Waals surface area contributed by atoms with E-state index >= 15 is 0 Å².